The summed E-state index contributed by atoms with van der Waals surface area (Å²) in [4.78, 5) is 6.46. The van der Waals surface area contributed by atoms with Crippen molar-refractivity contribution in [2.24, 2.45) is 10.9 Å². The van der Waals surface area contributed by atoms with Gasteiger partial charge in [0.05, 0.1) is 14.2 Å². The summed E-state index contributed by atoms with van der Waals surface area (Å²) >= 11 is 0. The predicted octanol–water partition coefficient (Wildman–Crippen LogP) is 2.51. The van der Waals surface area contributed by atoms with Crippen molar-refractivity contribution in [2.45, 2.75) is 25.8 Å². The van der Waals surface area contributed by atoms with Crippen molar-refractivity contribution in [1.29, 1.82) is 0 Å². The van der Waals surface area contributed by atoms with E-state index in [1.807, 2.05) is 32.3 Å². The van der Waals surface area contributed by atoms with E-state index < -0.39 is 0 Å². The van der Waals surface area contributed by atoms with Gasteiger partial charge in [-0.05, 0) is 24.5 Å². The Labute approximate surface area is 133 Å². The maximum absolute atomic E-state index is 5.46. The molecule has 1 fully saturated rings. The molecule has 0 aliphatic heterocycles. The van der Waals surface area contributed by atoms with Crippen LogP contribution in [0.25, 0.3) is 0 Å². The average Bonchev–Trinajstić information content (AvgIpc) is 3.36. The van der Waals surface area contributed by atoms with Gasteiger partial charge >= 0.3 is 0 Å². The molecule has 5 nitrogen and oxygen atoms in total. The van der Waals surface area contributed by atoms with Crippen LogP contribution < -0.4 is 14.8 Å². The van der Waals surface area contributed by atoms with Crippen LogP contribution in [0.15, 0.2) is 23.2 Å². The number of methoxy groups -OCH3 is 2. The highest BCUT2D eigenvalue weighted by molar-refractivity contribution is 5.79. The summed E-state index contributed by atoms with van der Waals surface area (Å²) in [7, 11) is 7.20. The van der Waals surface area contributed by atoms with Gasteiger partial charge in [-0.2, -0.15) is 0 Å². The van der Waals surface area contributed by atoms with Gasteiger partial charge in [-0.25, -0.2) is 0 Å². The molecule has 0 unspecified atom stereocenters. The van der Waals surface area contributed by atoms with Gasteiger partial charge in [-0.3, -0.25) is 4.99 Å². The van der Waals surface area contributed by atoms with Gasteiger partial charge in [-0.15, -0.1) is 0 Å². The molecule has 0 aromatic heterocycles. The molecule has 1 aliphatic carbocycles. The van der Waals surface area contributed by atoms with Crippen molar-refractivity contribution in [3.8, 4) is 11.5 Å². The normalized spacial score (nSPS) is 14.6. The summed E-state index contributed by atoms with van der Waals surface area (Å²) in [6, 6.07) is 5.90. The second kappa shape index (κ2) is 7.92. The summed E-state index contributed by atoms with van der Waals surface area (Å²) < 4.78 is 10.7. The molecule has 1 saturated carbocycles. The minimum absolute atomic E-state index is 0.732. The van der Waals surface area contributed by atoms with Crippen LogP contribution in [0.2, 0.25) is 0 Å². The van der Waals surface area contributed by atoms with E-state index in [0.717, 1.165) is 42.0 Å². The molecule has 5 heteroatoms. The third kappa shape index (κ3) is 4.55. The van der Waals surface area contributed by atoms with Gasteiger partial charge in [0.25, 0.3) is 0 Å². The molecule has 0 atom stereocenters. The van der Waals surface area contributed by atoms with E-state index in [1.165, 1.54) is 19.3 Å². The topological polar surface area (TPSA) is 46.1 Å². The fourth-order valence-electron chi connectivity index (χ4n) is 2.49. The third-order valence-electron chi connectivity index (χ3n) is 4.01. The lowest BCUT2D eigenvalue weighted by atomic mass is 10.2. The minimum Gasteiger partial charge on any atom is -0.497 e. The SMILES string of the molecule is CN=C(NCCC1CC1)N(C)Cc1ccc(OC)cc1OC. The van der Waals surface area contributed by atoms with E-state index in [4.69, 9.17) is 9.47 Å². The standard InChI is InChI=1S/C17H27N3O2/c1-18-17(19-10-9-13-5-6-13)20(2)12-14-7-8-15(21-3)11-16(14)22-4/h7-8,11,13H,5-6,9-10,12H2,1-4H3,(H,18,19). The zero-order valence-corrected chi connectivity index (χ0v) is 14.1. The van der Waals surface area contributed by atoms with E-state index in [9.17, 15) is 0 Å². The van der Waals surface area contributed by atoms with Gasteiger partial charge in [0.15, 0.2) is 5.96 Å². The molecule has 0 radical (unpaired) electrons. The smallest absolute Gasteiger partial charge is 0.193 e. The zero-order chi connectivity index (χ0) is 15.9. The molecule has 1 aromatic carbocycles. The van der Waals surface area contributed by atoms with Crippen LogP contribution in [0.1, 0.15) is 24.8 Å². The fraction of sp³-hybridized carbons (Fsp3) is 0.588. The highest BCUT2D eigenvalue weighted by atomic mass is 16.5. The molecule has 0 heterocycles. The summed E-state index contributed by atoms with van der Waals surface area (Å²) in [6.45, 7) is 1.72. The van der Waals surface area contributed by atoms with Crippen LogP contribution in [0.5, 0.6) is 11.5 Å². The Hall–Kier alpha value is -1.91. The minimum atomic E-state index is 0.732. The number of hydrogen-bond acceptors (Lipinski definition) is 3. The van der Waals surface area contributed by atoms with Crippen molar-refractivity contribution in [3.05, 3.63) is 23.8 Å². The number of aliphatic imine (C=N–C) groups is 1. The Balaban J connectivity index is 1.94. The van der Waals surface area contributed by atoms with E-state index in [2.05, 4.69) is 15.2 Å². The predicted molar refractivity (Wildman–Crippen MR) is 89.7 cm³/mol. The Morgan fingerprint density at radius 1 is 1.32 bits per heavy atom. The highest BCUT2D eigenvalue weighted by Crippen LogP contribution is 2.31. The zero-order valence-electron chi connectivity index (χ0n) is 14.1. The molecular formula is C17H27N3O2. The van der Waals surface area contributed by atoms with Crippen LogP contribution in [-0.2, 0) is 6.54 Å². The van der Waals surface area contributed by atoms with Crippen LogP contribution in [0.3, 0.4) is 0 Å². The molecule has 0 spiro atoms. The summed E-state index contributed by atoms with van der Waals surface area (Å²) in [5.74, 6) is 3.48. The number of nitrogens with zero attached hydrogens (tertiary/aromatic N) is 2. The van der Waals surface area contributed by atoms with Gasteiger partial charge in [0, 0.05) is 38.8 Å². The van der Waals surface area contributed by atoms with Gasteiger partial charge in [0.2, 0.25) is 0 Å². The fourth-order valence-corrected chi connectivity index (χ4v) is 2.49. The summed E-state index contributed by atoms with van der Waals surface area (Å²) in [5, 5.41) is 3.43. The number of benzene rings is 1. The highest BCUT2D eigenvalue weighted by Gasteiger charge is 2.20. The van der Waals surface area contributed by atoms with Crippen LogP contribution >= 0.6 is 0 Å². The first-order chi connectivity index (χ1) is 10.7. The van der Waals surface area contributed by atoms with Crippen molar-refractivity contribution < 1.29 is 9.47 Å². The van der Waals surface area contributed by atoms with Crippen molar-refractivity contribution in [3.63, 3.8) is 0 Å². The number of ether oxygens (including phenoxy) is 2. The lowest BCUT2D eigenvalue weighted by molar-refractivity contribution is 0.382. The van der Waals surface area contributed by atoms with E-state index in [1.54, 1.807) is 14.2 Å². The molecule has 0 amide bonds. The number of nitrogens with one attached hydrogen (secondary N) is 1. The Bertz CT molecular complexity index is 513. The molecular weight excluding hydrogens is 278 g/mol. The lowest BCUT2D eigenvalue weighted by Crippen LogP contribution is -2.39. The summed E-state index contributed by atoms with van der Waals surface area (Å²) in [5.41, 5.74) is 1.11. The Kier molecular flexibility index (Phi) is 5.92. The van der Waals surface area contributed by atoms with E-state index >= 15 is 0 Å². The molecule has 2 rings (SSSR count). The van der Waals surface area contributed by atoms with Crippen LogP contribution in [0.4, 0.5) is 0 Å². The Morgan fingerprint density at radius 2 is 2.09 bits per heavy atom. The average molecular weight is 305 g/mol. The van der Waals surface area contributed by atoms with E-state index in [-0.39, 0.29) is 0 Å². The largest absolute Gasteiger partial charge is 0.497 e. The molecule has 122 valence electrons. The number of hydrogen-bond donors (Lipinski definition) is 1. The summed E-state index contributed by atoms with van der Waals surface area (Å²) in [6.07, 6.45) is 4.01. The molecule has 0 saturated heterocycles. The lowest BCUT2D eigenvalue weighted by Gasteiger charge is -2.23. The first-order valence-corrected chi connectivity index (χ1v) is 7.80. The third-order valence-corrected chi connectivity index (χ3v) is 4.01. The van der Waals surface area contributed by atoms with Crippen LogP contribution in [0, 0.1) is 5.92 Å². The molecule has 1 aliphatic rings. The van der Waals surface area contributed by atoms with Crippen molar-refractivity contribution in [2.75, 3.05) is 34.9 Å². The molecule has 1 aromatic rings. The quantitative estimate of drug-likeness (QED) is 0.621. The molecule has 0 bridgehead atoms. The van der Waals surface area contributed by atoms with Crippen LogP contribution in [-0.4, -0.2) is 45.7 Å². The number of guanidine groups is 1. The van der Waals surface area contributed by atoms with Gasteiger partial charge in [-0.1, -0.05) is 12.8 Å². The van der Waals surface area contributed by atoms with Crippen molar-refractivity contribution >= 4 is 5.96 Å². The van der Waals surface area contributed by atoms with Crippen molar-refractivity contribution in [1.82, 2.24) is 10.2 Å². The molecule has 22 heavy (non-hydrogen) atoms. The van der Waals surface area contributed by atoms with E-state index in [0.29, 0.717) is 0 Å². The molecule has 1 N–H and O–H groups in total. The monoisotopic (exact) mass is 305 g/mol. The first-order valence-electron chi connectivity index (χ1n) is 7.80. The number of rotatable bonds is 7. The maximum Gasteiger partial charge on any atom is 0.193 e. The second-order valence-electron chi connectivity index (χ2n) is 5.74. The van der Waals surface area contributed by atoms with Gasteiger partial charge in [0.1, 0.15) is 11.5 Å². The van der Waals surface area contributed by atoms with Gasteiger partial charge < -0.3 is 19.7 Å². The maximum atomic E-state index is 5.46. The Morgan fingerprint density at radius 3 is 2.68 bits per heavy atom. The first kappa shape index (κ1) is 16.5. The second-order valence-corrected chi connectivity index (χ2v) is 5.74.